The first-order valence-electron chi connectivity index (χ1n) is 12.4. The summed E-state index contributed by atoms with van der Waals surface area (Å²) in [6.45, 7) is 1.70. The molecule has 0 heterocycles. The van der Waals surface area contributed by atoms with Crippen LogP contribution < -0.4 is 9.64 Å². The van der Waals surface area contributed by atoms with Crippen LogP contribution in [-0.2, 0) is 0 Å². The Hall–Kier alpha value is -2.56. The summed E-state index contributed by atoms with van der Waals surface area (Å²) in [5.74, 6) is -4.39. The second kappa shape index (κ2) is 11.3. The van der Waals surface area contributed by atoms with Gasteiger partial charge < -0.3 is 14.7 Å². The fourth-order valence-electron chi connectivity index (χ4n) is 4.86. The minimum absolute atomic E-state index is 0.0752. The number of aliphatic hydroxyl groups is 1. The van der Waals surface area contributed by atoms with Crippen molar-refractivity contribution in [3.05, 3.63) is 54.1 Å². The number of anilines is 1. The highest BCUT2D eigenvalue weighted by Crippen LogP contribution is 2.56. The van der Waals surface area contributed by atoms with Gasteiger partial charge in [-0.05, 0) is 48.6 Å². The molecule has 1 aliphatic rings. The number of aliphatic hydroxyl groups excluding tert-OH is 1. The van der Waals surface area contributed by atoms with E-state index in [4.69, 9.17) is 4.74 Å². The molecule has 3 rings (SSSR count). The average molecular weight is 554 g/mol. The summed E-state index contributed by atoms with van der Waals surface area (Å²) >= 11 is 0. The number of rotatable bonds is 9. The van der Waals surface area contributed by atoms with Crippen LogP contribution in [0.15, 0.2) is 48.5 Å². The van der Waals surface area contributed by atoms with Crippen LogP contribution in [0.3, 0.4) is 0 Å². The first-order valence-corrected chi connectivity index (χ1v) is 12.4. The second-order valence-corrected chi connectivity index (χ2v) is 10.2. The topological polar surface area (TPSA) is 32.7 Å². The van der Waals surface area contributed by atoms with E-state index in [0.717, 1.165) is 10.5 Å². The standard InChI is InChI=1S/C27H31F8NO2/c1-18(2)19-8-6-10-21(14-19)38-22-11-7-9-20(15-22)36(16-23(37)25(28,29)30)17-24(12-4-3-5-13-24)26(31,32)27(33,34)35/h6-11,14-15,18,23,37H,3-5,12-13,16-17H2,1-2H3. The van der Waals surface area contributed by atoms with E-state index in [-0.39, 0.29) is 30.2 Å². The van der Waals surface area contributed by atoms with Gasteiger partial charge in [-0.15, -0.1) is 0 Å². The van der Waals surface area contributed by atoms with Crippen LogP contribution in [0.2, 0.25) is 0 Å². The normalized spacial score (nSPS) is 17.4. The summed E-state index contributed by atoms with van der Waals surface area (Å²) in [6, 6.07) is 12.5. The highest BCUT2D eigenvalue weighted by molar-refractivity contribution is 5.52. The van der Waals surface area contributed by atoms with E-state index in [0.29, 0.717) is 12.2 Å². The van der Waals surface area contributed by atoms with Gasteiger partial charge in [0.15, 0.2) is 6.10 Å². The van der Waals surface area contributed by atoms with E-state index in [1.807, 2.05) is 19.9 Å². The third kappa shape index (κ3) is 6.71. The van der Waals surface area contributed by atoms with Crippen molar-refractivity contribution in [1.82, 2.24) is 0 Å². The number of benzene rings is 2. The highest BCUT2D eigenvalue weighted by atomic mass is 19.4. The summed E-state index contributed by atoms with van der Waals surface area (Å²) in [7, 11) is 0. The molecule has 0 aliphatic heterocycles. The zero-order chi connectivity index (χ0) is 28.4. The molecule has 2 aromatic rings. The van der Waals surface area contributed by atoms with Crippen molar-refractivity contribution in [2.75, 3.05) is 18.0 Å². The Balaban J connectivity index is 2.00. The van der Waals surface area contributed by atoms with Gasteiger partial charge in [0, 0.05) is 18.3 Å². The van der Waals surface area contributed by atoms with Crippen molar-refractivity contribution < 1.29 is 45.0 Å². The van der Waals surface area contributed by atoms with Crippen LogP contribution in [0.25, 0.3) is 0 Å². The summed E-state index contributed by atoms with van der Waals surface area (Å²) in [4.78, 5) is 0.764. The molecule has 0 bridgehead atoms. The Morgan fingerprint density at radius 3 is 2.00 bits per heavy atom. The van der Waals surface area contributed by atoms with Crippen molar-refractivity contribution in [3.8, 4) is 11.5 Å². The number of nitrogens with zero attached hydrogens (tertiary/aromatic N) is 1. The molecule has 3 nitrogen and oxygen atoms in total. The van der Waals surface area contributed by atoms with Crippen LogP contribution in [0.4, 0.5) is 40.8 Å². The molecular weight excluding hydrogens is 522 g/mol. The summed E-state index contributed by atoms with van der Waals surface area (Å²) in [6.07, 6.45) is -14.4. The maximum Gasteiger partial charge on any atom is 0.453 e. The highest BCUT2D eigenvalue weighted by Gasteiger charge is 2.69. The minimum atomic E-state index is -5.88. The molecular formula is C27H31F8NO2. The van der Waals surface area contributed by atoms with Crippen LogP contribution in [0, 0.1) is 5.41 Å². The van der Waals surface area contributed by atoms with Crippen molar-refractivity contribution in [2.24, 2.45) is 5.41 Å². The zero-order valence-electron chi connectivity index (χ0n) is 21.0. The molecule has 2 aromatic carbocycles. The molecule has 0 saturated heterocycles. The average Bonchev–Trinajstić information content (AvgIpc) is 2.83. The van der Waals surface area contributed by atoms with Gasteiger partial charge in [-0.2, -0.15) is 35.1 Å². The fourth-order valence-corrected chi connectivity index (χ4v) is 4.86. The number of hydrogen-bond acceptors (Lipinski definition) is 3. The molecule has 1 unspecified atom stereocenters. The third-order valence-corrected chi connectivity index (χ3v) is 7.04. The van der Waals surface area contributed by atoms with E-state index >= 15 is 0 Å². The van der Waals surface area contributed by atoms with Gasteiger partial charge in [-0.1, -0.05) is 51.3 Å². The Labute approximate surface area is 216 Å². The molecule has 1 saturated carbocycles. The minimum Gasteiger partial charge on any atom is -0.457 e. The molecule has 1 aliphatic carbocycles. The van der Waals surface area contributed by atoms with Gasteiger partial charge in [0.25, 0.3) is 0 Å². The van der Waals surface area contributed by atoms with Crippen molar-refractivity contribution >= 4 is 5.69 Å². The lowest BCUT2D eigenvalue weighted by molar-refractivity contribution is -0.329. The van der Waals surface area contributed by atoms with Crippen molar-refractivity contribution in [1.29, 1.82) is 0 Å². The fraction of sp³-hybridized carbons (Fsp3) is 0.556. The van der Waals surface area contributed by atoms with E-state index in [1.165, 1.54) is 24.3 Å². The van der Waals surface area contributed by atoms with E-state index in [9.17, 15) is 40.2 Å². The lowest BCUT2D eigenvalue weighted by atomic mass is 9.68. The molecule has 38 heavy (non-hydrogen) atoms. The summed E-state index contributed by atoms with van der Waals surface area (Å²) in [5.41, 5.74) is -1.77. The largest absolute Gasteiger partial charge is 0.457 e. The van der Waals surface area contributed by atoms with Crippen molar-refractivity contribution in [2.45, 2.75) is 76.2 Å². The molecule has 1 atom stereocenters. The predicted molar refractivity (Wildman–Crippen MR) is 128 cm³/mol. The molecule has 0 aromatic heterocycles. The van der Waals surface area contributed by atoms with E-state index < -0.39 is 55.7 Å². The number of hydrogen-bond donors (Lipinski definition) is 1. The molecule has 0 radical (unpaired) electrons. The summed E-state index contributed by atoms with van der Waals surface area (Å²) in [5, 5.41) is 9.77. The smallest absolute Gasteiger partial charge is 0.453 e. The second-order valence-electron chi connectivity index (χ2n) is 10.2. The maximum atomic E-state index is 14.9. The number of ether oxygens (including phenoxy) is 1. The zero-order valence-corrected chi connectivity index (χ0v) is 21.0. The Bertz CT molecular complexity index is 1060. The van der Waals surface area contributed by atoms with Crippen molar-refractivity contribution in [3.63, 3.8) is 0 Å². The Morgan fingerprint density at radius 1 is 0.868 bits per heavy atom. The number of halogens is 8. The molecule has 1 N–H and O–H groups in total. The predicted octanol–water partition coefficient (Wildman–Crippen LogP) is 8.48. The SMILES string of the molecule is CC(C)c1cccc(Oc2cccc(N(CC(O)C(F)(F)F)CC3(C(F)(F)C(F)(F)F)CCCCC3)c2)c1. The quantitative estimate of drug-likeness (QED) is 0.316. The molecule has 0 spiro atoms. The monoisotopic (exact) mass is 553 g/mol. The van der Waals surface area contributed by atoms with Crippen LogP contribution in [-0.4, -0.2) is 42.6 Å². The Morgan fingerprint density at radius 2 is 1.45 bits per heavy atom. The van der Waals surface area contributed by atoms with Gasteiger partial charge >= 0.3 is 18.3 Å². The van der Waals surface area contributed by atoms with E-state index in [2.05, 4.69) is 0 Å². The van der Waals surface area contributed by atoms with Gasteiger partial charge in [-0.3, -0.25) is 0 Å². The van der Waals surface area contributed by atoms with Gasteiger partial charge in [0.2, 0.25) is 0 Å². The first kappa shape index (κ1) is 30.0. The maximum absolute atomic E-state index is 14.9. The van der Waals surface area contributed by atoms with Gasteiger partial charge in [0.1, 0.15) is 11.5 Å². The Kier molecular flexibility index (Phi) is 8.90. The molecule has 11 heteroatoms. The van der Waals surface area contributed by atoms with Crippen LogP contribution >= 0.6 is 0 Å². The van der Waals surface area contributed by atoms with Crippen LogP contribution in [0.5, 0.6) is 11.5 Å². The first-order chi connectivity index (χ1) is 17.6. The lowest BCUT2D eigenvalue weighted by Crippen LogP contribution is -2.58. The molecule has 0 amide bonds. The summed E-state index contributed by atoms with van der Waals surface area (Å²) < 4.78 is 116. The molecule has 1 fully saturated rings. The lowest BCUT2D eigenvalue weighted by Gasteiger charge is -2.47. The van der Waals surface area contributed by atoms with Gasteiger partial charge in [-0.25, -0.2) is 0 Å². The van der Waals surface area contributed by atoms with Gasteiger partial charge in [0.05, 0.1) is 12.0 Å². The van der Waals surface area contributed by atoms with E-state index in [1.54, 1.807) is 18.2 Å². The number of alkyl halides is 8. The molecule has 212 valence electrons. The van der Waals surface area contributed by atoms with Crippen LogP contribution in [0.1, 0.15) is 57.4 Å². The third-order valence-electron chi connectivity index (χ3n) is 7.04.